The molecule has 1 saturated heterocycles. The fourth-order valence-electron chi connectivity index (χ4n) is 3.94. The van der Waals surface area contributed by atoms with Gasteiger partial charge in [0.2, 0.25) is 0 Å². The first-order valence-electron chi connectivity index (χ1n) is 10.0. The third-order valence-electron chi connectivity index (χ3n) is 5.33. The standard InChI is InChI=1S/C23H26FN3O2/c1-23(2,3)29-22(28)26-12-9-16(10-13-26)20-15-27(18-6-4-17(24)5-7-18)21-14-25-11-8-19(20)21/h4-8,11,14-16H,9-10,12-13H2,1-3H3. The normalized spacial score (nSPS) is 15.7. The number of halogens is 1. The van der Waals surface area contributed by atoms with Crippen LogP contribution in [0.3, 0.4) is 0 Å². The van der Waals surface area contributed by atoms with E-state index in [-0.39, 0.29) is 11.9 Å². The number of amides is 1. The molecule has 0 radical (unpaired) electrons. The molecule has 0 unspecified atom stereocenters. The van der Waals surface area contributed by atoms with Crippen LogP contribution < -0.4 is 0 Å². The maximum absolute atomic E-state index is 13.4. The number of likely N-dealkylation sites (tertiary alicyclic amines) is 1. The first kappa shape index (κ1) is 19.4. The molecule has 1 aliphatic heterocycles. The molecule has 1 amide bonds. The van der Waals surface area contributed by atoms with E-state index in [1.807, 2.05) is 33.0 Å². The Morgan fingerprint density at radius 1 is 1.14 bits per heavy atom. The van der Waals surface area contributed by atoms with Crippen LogP contribution in [0.25, 0.3) is 16.6 Å². The molecule has 0 saturated carbocycles. The average Bonchev–Trinajstić information content (AvgIpc) is 3.07. The third-order valence-corrected chi connectivity index (χ3v) is 5.33. The zero-order chi connectivity index (χ0) is 20.6. The number of rotatable bonds is 2. The SMILES string of the molecule is CC(C)(C)OC(=O)N1CCC(c2cn(-c3ccc(F)cc3)c3cnccc23)CC1. The van der Waals surface area contributed by atoms with Gasteiger partial charge in [-0.05, 0) is 75.4 Å². The highest BCUT2D eigenvalue weighted by Gasteiger charge is 2.29. The molecule has 29 heavy (non-hydrogen) atoms. The minimum absolute atomic E-state index is 0.242. The molecule has 0 spiro atoms. The molecule has 1 aliphatic rings. The first-order chi connectivity index (χ1) is 13.8. The van der Waals surface area contributed by atoms with Crippen LogP contribution in [0.4, 0.5) is 9.18 Å². The molecule has 4 rings (SSSR count). The predicted molar refractivity (Wildman–Crippen MR) is 111 cm³/mol. The Morgan fingerprint density at radius 2 is 1.83 bits per heavy atom. The lowest BCUT2D eigenvalue weighted by Crippen LogP contribution is -2.41. The van der Waals surface area contributed by atoms with Crippen LogP contribution in [0.15, 0.2) is 48.9 Å². The van der Waals surface area contributed by atoms with Gasteiger partial charge in [0.25, 0.3) is 0 Å². The number of hydrogen-bond acceptors (Lipinski definition) is 3. The molecule has 3 aromatic rings. The molecule has 1 fully saturated rings. The van der Waals surface area contributed by atoms with Crippen molar-refractivity contribution in [2.45, 2.75) is 45.1 Å². The molecule has 0 aliphatic carbocycles. The molecular weight excluding hydrogens is 369 g/mol. The summed E-state index contributed by atoms with van der Waals surface area (Å²) in [4.78, 5) is 18.4. The number of ether oxygens (including phenoxy) is 1. The Hall–Kier alpha value is -2.89. The van der Waals surface area contributed by atoms with E-state index < -0.39 is 5.60 Å². The Labute approximate surface area is 170 Å². The van der Waals surface area contributed by atoms with Gasteiger partial charge in [0.05, 0.1) is 11.7 Å². The molecule has 1 aromatic carbocycles. The summed E-state index contributed by atoms with van der Waals surface area (Å²) in [6, 6.07) is 8.52. The van der Waals surface area contributed by atoms with E-state index >= 15 is 0 Å². The van der Waals surface area contributed by atoms with Crippen molar-refractivity contribution in [1.29, 1.82) is 0 Å². The monoisotopic (exact) mass is 395 g/mol. The number of carbonyl (C=O) groups excluding carboxylic acids is 1. The molecule has 6 heteroatoms. The van der Waals surface area contributed by atoms with E-state index in [4.69, 9.17) is 4.74 Å². The highest BCUT2D eigenvalue weighted by Crippen LogP contribution is 2.35. The van der Waals surface area contributed by atoms with Crippen LogP contribution in [0.1, 0.15) is 45.1 Å². The van der Waals surface area contributed by atoms with Crippen molar-refractivity contribution >= 4 is 17.0 Å². The fourth-order valence-corrected chi connectivity index (χ4v) is 3.94. The van der Waals surface area contributed by atoms with E-state index in [1.165, 1.54) is 17.7 Å². The van der Waals surface area contributed by atoms with Crippen molar-refractivity contribution in [2.75, 3.05) is 13.1 Å². The number of piperidine rings is 1. The molecule has 3 heterocycles. The zero-order valence-corrected chi connectivity index (χ0v) is 17.1. The number of aromatic nitrogens is 2. The fraction of sp³-hybridized carbons (Fsp3) is 0.391. The lowest BCUT2D eigenvalue weighted by Gasteiger charge is -2.33. The van der Waals surface area contributed by atoms with Crippen molar-refractivity contribution in [3.8, 4) is 5.69 Å². The minimum atomic E-state index is -0.483. The van der Waals surface area contributed by atoms with Crippen LogP contribution in [-0.4, -0.2) is 39.2 Å². The summed E-state index contributed by atoms with van der Waals surface area (Å²) in [7, 11) is 0. The van der Waals surface area contributed by atoms with Crippen LogP contribution in [-0.2, 0) is 4.74 Å². The highest BCUT2D eigenvalue weighted by atomic mass is 19.1. The van der Waals surface area contributed by atoms with Crippen molar-refractivity contribution in [3.05, 3.63) is 60.3 Å². The quantitative estimate of drug-likeness (QED) is 0.593. The third kappa shape index (κ3) is 4.11. The van der Waals surface area contributed by atoms with Crippen LogP contribution in [0, 0.1) is 5.82 Å². The number of fused-ring (bicyclic) bond motifs is 1. The second-order valence-corrected chi connectivity index (χ2v) is 8.57. The molecule has 152 valence electrons. The van der Waals surface area contributed by atoms with Crippen molar-refractivity contribution in [2.24, 2.45) is 0 Å². The number of pyridine rings is 1. The van der Waals surface area contributed by atoms with E-state index in [9.17, 15) is 9.18 Å². The van der Waals surface area contributed by atoms with Gasteiger partial charge in [0.1, 0.15) is 11.4 Å². The van der Waals surface area contributed by atoms with Gasteiger partial charge in [-0.15, -0.1) is 0 Å². The molecule has 5 nitrogen and oxygen atoms in total. The van der Waals surface area contributed by atoms with Gasteiger partial charge in [-0.25, -0.2) is 9.18 Å². The summed E-state index contributed by atoms with van der Waals surface area (Å²) in [5, 5.41) is 1.15. The van der Waals surface area contributed by atoms with E-state index in [1.54, 1.807) is 23.2 Å². The van der Waals surface area contributed by atoms with Crippen molar-refractivity contribution < 1.29 is 13.9 Å². The maximum Gasteiger partial charge on any atom is 0.410 e. The molecular formula is C23H26FN3O2. The van der Waals surface area contributed by atoms with Gasteiger partial charge in [-0.2, -0.15) is 0 Å². The van der Waals surface area contributed by atoms with Gasteiger partial charge in [0, 0.05) is 36.6 Å². The number of nitrogens with zero attached hydrogens (tertiary/aromatic N) is 3. The summed E-state index contributed by atoms with van der Waals surface area (Å²) in [5.41, 5.74) is 2.67. The van der Waals surface area contributed by atoms with Crippen LogP contribution in [0.2, 0.25) is 0 Å². The smallest absolute Gasteiger partial charge is 0.410 e. The van der Waals surface area contributed by atoms with Crippen LogP contribution >= 0.6 is 0 Å². The summed E-state index contributed by atoms with van der Waals surface area (Å²) < 4.78 is 20.9. The van der Waals surface area contributed by atoms with Crippen molar-refractivity contribution in [3.63, 3.8) is 0 Å². The van der Waals surface area contributed by atoms with Crippen molar-refractivity contribution in [1.82, 2.24) is 14.5 Å². The van der Waals surface area contributed by atoms with Gasteiger partial charge in [0.15, 0.2) is 0 Å². The van der Waals surface area contributed by atoms with Gasteiger partial charge < -0.3 is 14.2 Å². The Kier molecular flexibility index (Phi) is 5.03. The molecule has 2 aromatic heterocycles. The zero-order valence-electron chi connectivity index (χ0n) is 17.1. The van der Waals surface area contributed by atoms with E-state index in [0.29, 0.717) is 19.0 Å². The van der Waals surface area contributed by atoms with Gasteiger partial charge >= 0.3 is 6.09 Å². The van der Waals surface area contributed by atoms with Crippen LogP contribution in [0.5, 0.6) is 0 Å². The predicted octanol–water partition coefficient (Wildman–Crippen LogP) is 5.28. The second-order valence-electron chi connectivity index (χ2n) is 8.57. The minimum Gasteiger partial charge on any atom is -0.444 e. The Morgan fingerprint density at radius 3 is 2.48 bits per heavy atom. The van der Waals surface area contributed by atoms with Gasteiger partial charge in [-0.3, -0.25) is 4.98 Å². The molecule has 0 N–H and O–H groups in total. The lowest BCUT2D eigenvalue weighted by atomic mass is 9.89. The number of hydrogen-bond donors (Lipinski definition) is 0. The summed E-state index contributed by atoms with van der Waals surface area (Å²) in [6.45, 7) is 7.00. The highest BCUT2D eigenvalue weighted by molar-refractivity contribution is 5.85. The summed E-state index contributed by atoms with van der Waals surface area (Å²) in [6.07, 6.45) is 7.30. The number of carbonyl (C=O) groups is 1. The topological polar surface area (TPSA) is 47.4 Å². The Bertz CT molecular complexity index is 1010. The number of benzene rings is 1. The summed E-state index contributed by atoms with van der Waals surface area (Å²) in [5.74, 6) is 0.0957. The Balaban J connectivity index is 1.58. The lowest BCUT2D eigenvalue weighted by molar-refractivity contribution is 0.0205. The van der Waals surface area contributed by atoms with Gasteiger partial charge in [-0.1, -0.05) is 0 Å². The summed E-state index contributed by atoms with van der Waals surface area (Å²) >= 11 is 0. The molecule has 0 bridgehead atoms. The average molecular weight is 395 g/mol. The van der Waals surface area contributed by atoms with E-state index in [2.05, 4.69) is 15.7 Å². The van der Waals surface area contributed by atoms with E-state index in [0.717, 1.165) is 29.4 Å². The maximum atomic E-state index is 13.4. The largest absolute Gasteiger partial charge is 0.444 e. The molecule has 0 atom stereocenters. The first-order valence-corrected chi connectivity index (χ1v) is 10.0. The second kappa shape index (κ2) is 7.50.